The third-order valence-corrected chi connectivity index (χ3v) is 6.22. The highest BCUT2D eigenvalue weighted by Crippen LogP contribution is 2.26. The van der Waals surface area contributed by atoms with Crippen molar-refractivity contribution in [2.24, 2.45) is 5.92 Å². The Kier molecular flexibility index (Phi) is 5.72. The molecule has 2 aromatic heterocycles. The maximum absolute atomic E-state index is 12.3. The molecule has 0 unspecified atom stereocenters. The molecule has 2 aromatic rings. The van der Waals surface area contributed by atoms with Gasteiger partial charge in [0.15, 0.2) is 0 Å². The first-order valence-electron chi connectivity index (χ1n) is 7.50. The smallest absolute Gasteiger partial charge is 0.266 e. The van der Waals surface area contributed by atoms with Crippen LogP contribution in [-0.2, 0) is 16.6 Å². The standard InChI is InChI=1S/C15H21N3O3S2/c1-4-18-14(19)6-5-13(17-18)12-9-15(22-10-12)23(20,21)16-8-7-11(2)3/h5-6,9-11,16H,4,7-8H2,1-3H3. The lowest BCUT2D eigenvalue weighted by atomic mass is 10.1. The van der Waals surface area contributed by atoms with E-state index in [1.807, 2.05) is 20.8 Å². The fourth-order valence-corrected chi connectivity index (χ4v) is 4.24. The molecule has 0 spiro atoms. The molecule has 0 aliphatic rings. The molecule has 2 heterocycles. The van der Waals surface area contributed by atoms with E-state index in [9.17, 15) is 13.2 Å². The van der Waals surface area contributed by atoms with Gasteiger partial charge in [-0.3, -0.25) is 4.79 Å². The number of sulfonamides is 1. The lowest BCUT2D eigenvalue weighted by Crippen LogP contribution is -2.24. The first-order chi connectivity index (χ1) is 10.8. The van der Waals surface area contributed by atoms with Gasteiger partial charge in [-0.25, -0.2) is 17.8 Å². The summed E-state index contributed by atoms with van der Waals surface area (Å²) in [4.78, 5) is 11.6. The van der Waals surface area contributed by atoms with Crippen molar-refractivity contribution < 1.29 is 8.42 Å². The molecule has 0 saturated heterocycles. The molecule has 0 bridgehead atoms. The van der Waals surface area contributed by atoms with Crippen LogP contribution in [0.1, 0.15) is 27.2 Å². The molecule has 0 fully saturated rings. The van der Waals surface area contributed by atoms with E-state index in [0.717, 1.165) is 17.8 Å². The second kappa shape index (κ2) is 7.37. The lowest BCUT2D eigenvalue weighted by molar-refractivity contribution is 0.553. The van der Waals surface area contributed by atoms with E-state index in [1.54, 1.807) is 17.5 Å². The molecule has 0 radical (unpaired) electrons. The van der Waals surface area contributed by atoms with E-state index in [0.29, 0.717) is 30.3 Å². The quantitative estimate of drug-likeness (QED) is 0.826. The molecule has 23 heavy (non-hydrogen) atoms. The molecule has 0 aliphatic heterocycles. The predicted octanol–water partition coefficient (Wildman–Crippen LogP) is 2.32. The Morgan fingerprint density at radius 3 is 2.74 bits per heavy atom. The van der Waals surface area contributed by atoms with Gasteiger partial charge in [0, 0.05) is 30.1 Å². The van der Waals surface area contributed by atoms with Crippen LogP contribution in [0.3, 0.4) is 0 Å². The second-order valence-electron chi connectivity index (χ2n) is 5.61. The monoisotopic (exact) mass is 355 g/mol. The third kappa shape index (κ3) is 4.49. The van der Waals surface area contributed by atoms with Crippen molar-refractivity contribution in [2.75, 3.05) is 6.54 Å². The lowest BCUT2D eigenvalue weighted by Gasteiger charge is -2.06. The summed E-state index contributed by atoms with van der Waals surface area (Å²) >= 11 is 1.15. The van der Waals surface area contributed by atoms with Crippen LogP contribution >= 0.6 is 11.3 Å². The molecule has 0 saturated carbocycles. The van der Waals surface area contributed by atoms with Crippen molar-refractivity contribution in [3.63, 3.8) is 0 Å². The average Bonchev–Trinajstić information content (AvgIpc) is 2.98. The molecule has 0 aromatic carbocycles. The highest BCUT2D eigenvalue weighted by atomic mass is 32.2. The second-order valence-corrected chi connectivity index (χ2v) is 8.51. The predicted molar refractivity (Wildman–Crippen MR) is 92.1 cm³/mol. The number of nitrogens with one attached hydrogen (secondary N) is 1. The summed E-state index contributed by atoms with van der Waals surface area (Å²) in [5.74, 6) is 0.441. The summed E-state index contributed by atoms with van der Waals surface area (Å²) in [6, 6.07) is 4.65. The van der Waals surface area contributed by atoms with Crippen LogP contribution in [0.4, 0.5) is 0 Å². The Morgan fingerprint density at radius 2 is 2.09 bits per heavy atom. The largest absolute Gasteiger partial charge is 0.268 e. The average molecular weight is 355 g/mol. The van der Waals surface area contributed by atoms with Gasteiger partial charge in [0.1, 0.15) is 4.21 Å². The zero-order valence-corrected chi connectivity index (χ0v) is 15.1. The Balaban J connectivity index is 2.21. The summed E-state index contributed by atoms with van der Waals surface area (Å²) in [6.07, 6.45) is 0.792. The van der Waals surface area contributed by atoms with Crippen molar-refractivity contribution in [2.45, 2.75) is 37.9 Å². The highest BCUT2D eigenvalue weighted by molar-refractivity contribution is 7.91. The fraction of sp³-hybridized carbons (Fsp3) is 0.467. The summed E-state index contributed by atoms with van der Waals surface area (Å²) in [6.45, 7) is 6.82. The van der Waals surface area contributed by atoms with Gasteiger partial charge in [0.05, 0.1) is 5.69 Å². The van der Waals surface area contributed by atoms with Crippen LogP contribution in [-0.4, -0.2) is 24.7 Å². The number of nitrogens with zero attached hydrogens (tertiary/aromatic N) is 2. The van der Waals surface area contributed by atoms with Crippen LogP contribution in [0.25, 0.3) is 11.3 Å². The molecule has 8 heteroatoms. The Morgan fingerprint density at radius 1 is 1.35 bits per heavy atom. The SMILES string of the molecule is CCn1nc(-c2csc(S(=O)(=O)NCCC(C)C)c2)ccc1=O. The van der Waals surface area contributed by atoms with Crippen molar-refractivity contribution in [3.05, 3.63) is 33.9 Å². The topological polar surface area (TPSA) is 81.1 Å². The number of hydrogen-bond donors (Lipinski definition) is 1. The van der Waals surface area contributed by atoms with E-state index in [2.05, 4.69) is 9.82 Å². The number of hydrogen-bond acceptors (Lipinski definition) is 5. The van der Waals surface area contributed by atoms with Gasteiger partial charge in [-0.2, -0.15) is 5.10 Å². The molecular formula is C15H21N3O3S2. The van der Waals surface area contributed by atoms with E-state index in [-0.39, 0.29) is 9.77 Å². The number of thiophene rings is 1. The Bertz CT molecular complexity index is 822. The van der Waals surface area contributed by atoms with E-state index < -0.39 is 10.0 Å². The van der Waals surface area contributed by atoms with Crippen LogP contribution < -0.4 is 10.3 Å². The van der Waals surface area contributed by atoms with E-state index >= 15 is 0 Å². The maximum atomic E-state index is 12.3. The van der Waals surface area contributed by atoms with Gasteiger partial charge in [-0.15, -0.1) is 11.3 Å². The minimum absolute atomic E-state index is 0.172. The zero-order valence-electron chi connectivity index (χ0n) is 13.4. The van der Waals surface area contributed by atoms with Crippen molar-refractivity contribution in [1.29, 1.82) is 0 Å². The number of aryl methyl sites for hydroxylation is 1. The van der Waals surface area contributed by atoms with Gasteiger partial charge in [0.25, 0.3) is 5.56 Å². The van der Waals surface area contributed by atoms with Crippen molar-refractivity contribution in [1.82, 2.24) is 14.5 Å². The first kappa shape index (κ1) is 17.8. The minimum Gasteiger partial charge on any atom is -0.268 e. The first-order valence-corrected chi connectivity index (χ1v) is 9.86. The van der Waals surface area contributed by atoms with Crippen LogP contribution in [0.15, 0.2) is 32.6 Å². The van der Waals surface area contributed by atoms with Crippen LogP contribution in [0, 0.1) is 5.92 Å². The molecular weight excluding hydrogens is 334 g/mol. The van der Waals surface area contributed by atoms with Gasteiger partial charge in [-0.1, -0.05) is 13.8 Å². The minimum atomic E-state index is -3.49. The zero-order chi connectivity index (χ0) is 17.0. The van der Waals surface area contributed by atoms with Gasteiger partial charge >= 0.3 is 0 Å². The maximum Gasteiger partial charge on any atom is 0.266 e. The number of rotatable bonds is 7. The van der Waals surface area contributed by atoms with Crippen LogP contribution in [0.2, 0.25) is 0 Å². The van der Waals surface area contributed by atoms with Crippen LogP contribution in [0.5, 0.6) is 0 Å². The van der Waals surface area contributed by atoms with Gasteiger partial charge in [0.2, 0.25) is 10.0 Å². The molecule has 0 aliphatic carbocycles. The Hall–Kier alpha value is -1.51. The summed E-state index contributed by atoms with van der Waals surface area (Å²) in [5, 5.41) is 5.98. The Labute approximate surface area is 140 Å². The van der Waals surface area contributed by atoms with Crippen molar-refractivity contribution >= 4 is 21.4 Å². The van der Waals surface area contributed by atoms with E-state index in [1.165, 1.54) is 10.7 Å². The molecule has 0 atom stereocenters. The normalized spacial score (nSPS) is 12.0. The molecule has 0 amide bonds. The summed E-state index contributed by atoms with van der Waals surface area (Å²) < 4.78 is 28.7. The molecule has 2 rings (SSSR count). The third-order valence-electron chi connectivity index (χ3n) is 3.32. The van der Waals surface area contributed by atoms with Gasteiger partial charge < -0.3 is 0 Å². The molecule has 6 nitrogen and oxygen atoms in total. The van der Waals surface area contributed by atoms with Crippen molar-refractivity contribution in [3.8, 4) is 11.3 Å². The van der Waals surface area contributed by atoms with Gasteiger partial charge in [-0.05, 0) is 31.4 Å². The number of aromatic nitrogens is 2. The highest BCUT2D eigenvalue weighted by Gasteiger charge is 2.17. The molecule has 1 N–H and O–H groups in total. The summed E-state index contributed by atoms with van der Waals surface area (Å²) in [7, 11) is -3.49. The summed E-state index contributed by atoms with van der Waals surface area (Å²) in [5.41, 5.74) is 1.11. The fourth-order valence-electron chi connectivity index (χ4n) is 1.97. The van der Waals surface area contributed by atoms with E-state index in [4.69, 9.17) is 0 Å². The molecule has 126 valence electrons.